The zero-order valence-corrected chi connectivity index (χ0v) is 13.6. The van der Waals surface area contributed by atoms with Gasteiger partial charge >= 0.3 is 6.18 Å². The Balaban J connectivity index is 2.32. The lowest BCUT2D eigenvalue weighted by Gasteiger charge is -2.10. The number of alkyl halides is 3. The number of halogens is 5. The summed E-state index contributed by atoms with van der Waals surface area (Å²) in [7, 11) is 5.81. The van der Waals surface area contributed by atoms with E-state index >= 15 is 0 Å². The summed E-state index contributed by atoms with van der Waals surface area (Å²) in [5.41, 5.74) is 0.635. The van der Waals surface area contributed by atoms with Gasteiger partial charge in [-0.25, -0.2) is 9.97 Å². The fourth-order valence-electron chi connectivity index (χ4n) is 1.50. The van der Waals surface area contributed by atoms with E-state index in [0.29, 0.717) is 17.5 Å². The lowest BCUT2D eigenvalue weighted by atomic mass is 9.97. The zero-order valence-electron chi connectivity index (χ0n) is 11.3. The highest BCUT2D eigenvalue weighted by atomic mass is 35.5. The summed E-state index contributed by atoms with van der Waals surface area (Å²) in [5.74, 6) is -1.07. The highest BCUT2D eigenvalue weighted by Gasteiger charge is 2.27. The second kappa shape index (κ2) is 7.55. The van der Waals surface area contributed by atoms with E-state index in [4.69, 9.17) is 31.0 Å². The third kappa shape index (κ3) is 5.40. The standard InChI is InChI=1S/C13H7BCl2F3N3S/c14-12(9-1-2-20-6-21-9)22-10-4-11(8(16)3-7(10)15)23-5-13(17,18)19/h1-4,6H,5H2. The molecular weight excluding hydrogens is 369 g/mol. The van der Waals surface area contributed by atoms with E-state index in [1.807, 2.05) is 0 Å². The van der Waals surface area contributed by atoms with Crippen LogP contribution in [0.3, 0.4) is 0 Å². The first-order chi connectivity index (χ1) is 10.8. The molecule has 0 unspecified atom stereocenters. The molecule has 118 valence electrons. The van der Waals surface area contributed by atoms with Crippen LogP contribution in [0.1, 0.15) is 5.69 Å². The largest absolute Gasteiger partial charge is 0.398 e. The van der Waals surface area contributed by atoms with E-state index in [1.165, 1.54) is 24.7 Å². The summed E-state index contributed by atoms with van der Waals surface area (Å²) >= 11 is 12.5. The maximum atomic E-state index is 12.3. The molecule has 2 aromatic rings. The Hall–Kier alpha value is -1.25. The number of aromatic nitrogens is 2. The molecule has 3 nitrogen and oxygen atoms in total. The Labute approximate surface area is 145 Å². The van der Waals surface area contributed by atoms with Crippen molar-refractivity contribution in [2.75, 3.05) is 5.75 Å². The highest BCUT2D eigenvalue weighted by molar-refractivity contribution is 7.99. The van der Waals surface area contributed by atoms with Crippen molar-refractivity contribution in [3.8, 4) is 0 Å². The smallest absolute Gasteiger partial charge is 0.261 e. The van der Waals surface area contributed by atoms with Crippen LogP contribution in [0.25, 0.3) is 0 Å². The maximum Gasteiger partial charge on any atom is 0.398 e. The number of benzene rings is 1. The van der Waals surface area contributed by atoms with Crippen LogP contribution in [0.2, 0.25) is 10.0 Å². The number of aliphatic imine (C=N–C) groups is 1. The van der Waals surface area contributed by atoms with Crippen LogP contribution in [0.5, 0.6) is 0 Å². The topological polar surface area (TPSA) is 38.1 Å². The third-order valence-corrected chi connectivity index (χ3v) is 4.33. The molecule has 0 fully saturated rings. The van der Waals surface area contributed by atoms with Crippen molar-refractivity contribution in [3.05, 3.63) is 46.5 Å². The average molecular weight is 376 g/mol. The van der Waals surface area contributed by atoms with Crippen LogP contribution in [0.15, 0.2) is 40.6 Å². The quantitative estimate of drug-likeness (QED) is 0.442. The summed E-state index contributed by atoms with van der Waals surface area (Å²) in [5, 5.41) is 0.284. The molecule has 1 aromatic heterocycles. The molecule has 0 aliphatic carbocycles. The molecule has 0 saturated carbocycles. The van der Waals surface area contributed by atoms with Gasteiger partial charge in [0.05, 0.1) is 27.2 Å². The lowest BCUT2D eigenvalue weighted by Crippen LogP contribution is -2.10. The second-order valence-corrected chi connectivity index (χ2v) is 6.06. The first-order valence-corrected chi connectivity index (χ1v) is 7.79. The minimum Gasteiger partial charge on any atom is -0.261 e. The van der Waals surface area contributed by atoms with E-state index in [1.54, 1.807) is 6.07 Å². The van der Waals surface area contributed by atoms with Crippen LogP contribution in [0, 0.1) is 0 Å². The van der Waals surface area contributed by atoms with Crippen LogP contribution >= 0.6 is 35.0 Å². The first-order valence-electron chi connectivity index (χ1n) is 6.05. The highest BCUT2D eigenvalue weighted by Crippen LogP contribution is 2.38. The Kier molecular flexibility index (Phi) is 5.94. The molecule has 1 heterocycles. The molecule has 1 aromatic carbocycles. The summed E-state index contributed by atoms with van der Waals surface area (Å²) in [4.78, 5) is 12.0. The van der Waals surface area contributed by atoms with Crippen LogP contribution in [0.4, 0.5) is 18.9 Å². The Morgan fingerprint density at radius 1 is 1.26 bits per heavy atom. The maximum absolute atomic E-state index is 12.3. The SMILES string of the molecule is [B]C(=Nc1cc(SCC(F)(F)F)c(Cl)cc1Cl)c1ccncn1. The van der Waals surface area contributed by atoms with E-state index in [-0.39, 0.29) is 26.2 Å². The first kappa shape index (κ1) is 18.1. The predicted octanol–water partition coefficient (Wildman–Crippen LogP) is 4.68. The molecule has 0 atom stereocenters. The van der Waals surface area contributed by atoms with E-state index in [9.17, 15) is 13.2 Å². The van der Waals surface area contributed by atoms with Gasteiger partial charge in [-0.2, -0.15) is 13.2 Å². The summed E-state index contributed by atoms with van der Waals surface area (Å²) in [6.07, 6.45) is -1.53. The summed E-state index contributed by atoms with van der Waals surface area (Å²) in [6.45, 7) is 0. The fourth-order valence-corrected chi connectivity index (χ4v) is 2.80. The minimum absolute atomic E-state index is 0.0587. The summed E-state index contributed by atoms with van der Waals surface area (Å²) in [6, 6.07) is 4.23. The van der Waals surface area contributed by atoms with Gasteiger partial charge in [0.2, 0.25) is 0 Å². The number of nitrogens with zero attached hydrogens (tertiary/aromatic N) is 3. The zero-order chi connectivity index (χ0) is 17.0. The molecule has 0 spiro atoms. The van der Waals surface area contributed by atoms with Gasteiger partial charge in [-0.15, -0.1) is 11.8 Å². The van der Waals surface area contributed by atoms with Crippen molar-refractivity contribution in [1.82, 2.24) is 9.97 Å². The van der Waals surface area contributed by atoms with Gasteiger partial charge in [-0.05, 0) is 18.2 Å². The van der Waals surface area contributed by atoms with Gasteiger partial charge in [-0.3, -0.25) is 4.99 Å². The molecule has 10 heteroatoms. The van der Waals surface area contributed by atoms with Crippen molar-refractivity contribution in [2.24, 2.45) is 4.99 Å². The van der Waals surface area contributed by atoms with Crippen molar-refractivity contribution < 1.29 is 13.2 Å². The Morgan fingerprint density at radius 2 is 2.00 bits per heavy atom. The molecule has 0 amide bonds. The average Bonchev–Trinajstić information content (AvgIpc) is 2.48. The minimum atomic E-state index is -4.31. The van der Waals surface area contributed by atoms with E-state index in [0.717, 1.165) is 0 Å². The van der Waals surface area contributed by atoms with Gasteiger partial charge in [0.25, 0.3) is 0 Å². The van der Waals surface area contributed by atoms with Crippen LogP contribution in [-0.2, 0) is 0 Å². The fraction of sp³-hybridized carbons (Fsp3) is 0.154. The predicted molar refractivity (Wildman–Crippen MR) is 87.2 cm³/mol. The van der Waals surface area contributed by atoms with Crippen LogP contribution in [-0.4, -0.2) is 35.4 Å². The number of hydrogen-bond donors (Lipinski definition) is 0. The normalized spacial score (nSPS) is 12.5. The molecule has 0 bridgehead atoms. The van der Waals surface area contributed by atoms with Gasteiger partial charge in [-0.1, -0.05) is 23.2 Å². The third-order valence-electron chi connectivity index (χ3n) is 2.48. The van der Waals surface area contributed by atoms with Gasteiger partial charge in [0, 0.05) is 16.7 Å². The van der Waals surface area contributed by atoms with Gasteiger partial charge in [0.1, 0.15) is 14.2 Å². The van der Waals surface area contributed by atoms with Gasteiger partial charge < -0.3 is 0 Å². The number of hydrogen-bond acceptors (Lipinski definition) is 4. The lowest BCUT2D eigenvalue weighted by molar-refractivity contribution is -0.105. The Bertz CT molecular complexity index is 726. The van der Waals surface area contributed by atoms with Crippen molar-refractivity contribution >= 4 is 54.1 Å². The molecule has 0 saturated heterocycles. The molecule has 0 aliphatic rings. The molecule has 2 radical (unpaired) electrons. The Morgan fingerprint density at radius 3 is 2.61 bits per heavy atom. The van der Waals surface area contributed by atoms with E-state index in [2.05, 4.69) is 15.0 Å². The van der Waals surface area contributed by atoms with E-state index < -0.39 is 11.9 Å². The van der Waals surface area contributed by atoms with Gasteiger partial charge in [0.15, 0.2) is 0 Å². The monoisotopic (exact) mass is 375 g/mol. The molecule has 23 heavy (non-hydrogen) atoms. The molecule has 0 aliphatic heterocycles. The summed E-state index contributed by atoms with van der Waals surface area (Å²) < 4.78 is 37.0. The van der Waals surface area contributed by atoms with Crippen molar-refractivity contribution in [1.29, 1.82) is 0 Å². The number of rotatable bonds is 4. The second-order valence-electron chi connectivity index (χ2n) is 4.23. The van der Waals surface area contributed by atoms with Crippen LogP contribution < -0.4 is 0 Å². The molecule has 0 N–H and O–H groups in total. The van der Waals surface area contributed by atoms with Crippen molar-refractivity contribution in [2.45, 2.75) is 11.1 Å². The molecular formula is C13H7BCl2F3N3S. The molecule has 2 rings (SSSR count). The van der Waals surface area contributed by atoms with Crippen molar-refractivity contribution in [3.63, 3.8) is 0 Å². The number of thioether (sulfide) groups is 1.